The molecule has 1 aliphatic heterocycles. The lowest BCUT2D eigenvalue weighted by Gasteiger charge is -2.34. The van der Waals surface area contributed by atoms with E-state index in [0.29, 0.717) is 31.9 Å². The molecule has 8 nitrogen and oxygen atoms in total. The number of carbonyl (C=O) groups is 1. The lowest BCUT2D eigenvalue weighted by molar-refractivity contribution is -0.132. The zero-order valence-corrected chi connectivity index (χ0v) is 19.7. The van der Waals surface area contributed by atoms with Gasteiger partial charge in [-0.15, -0.1) is 11.3 Å². The highest BCUT2D eigenvalue weighted by molar-refractivity contribution is 7.12. The average Bonchev–Trinajstić information content (AvgIpc) is 3.39. The molecule has 1 amide bonds. The quantitative estimate of drug-likeness (QED) is 0.491. The van der Waals surface area contributed by atoms with Crippen LogP contribution in [-0.4, -0.2) is 61.4 Å². The monoisotopic (exact) mass is 461 g/mol. The van der Waals surface area contributed by atoms with E-state index in [1.165, 1.54) is 0 Å². The van der Waals surface area contributed by atoms with Gasteiger partial charge in [0.2, 0.25) is 5.91 Å². The summed E-state index contributed by atoms with van der Waals surface area (Å²) in [6, 6.07) is 11.9. The molecular formula is C24H27N7OS. The zero-order chi connectivity index (χ0) is 22.9. The molecular weight excluding hydrogens is 434 g/mol. The number of anilines is 1. The Morgan fingerprint density at radius 2 is 1.73 bits per heavy atom. The summed E-state index contributed by atoms with van der Waals surface area (Å²) < 4.78 is 2.12. The first-order valence-corrected chi connectivity index (χ1v) is 12.0. The van der Waals surface area contributed by atoms with Gasteiger partial charge in [0.15, 0.2) is 5.13 Å². The van der Waals surface area contributed by atoms with E-state index in [1.807, 2.05) is 34.5 Å². The highest BCUT2D eigenvalue weighted by Gasteiger charge is 2.23. The molecule has 1 aliphatic rings. The van der Waals surface area contributed by atoms with Crippen molar-refractivity contribution in [1.29, 1.82) is 0 Å². The summed E-state index contributed by atoms with van der Waals surface area (Å²) in [5.74, 6) is 1.35. The van der Waals surface area contributed by atoms with Crippen molar-refractivity contribution in [3.63, 3.8) is 0 Å². The maximum atomic E-state index is 12.9. The fraction of sp³-hybridized carbons (Fsp3) is 0.333. The molecule has 0 atom stereocenters. The Hall–Kier alpha value is -3.30. The summed E-state index contributed by atoms with van der Waals surface area (Å²) in [4.78, 5) is 30.9. The molecule has 0 bridgehead atoms. The molecule has 170 valence electrons. The van der Waals surface area contributed by atoms with Crippen LogP contribution in [0.25, 0.3) is 16.0 Å². The number of para-hydroxylation sites is 1. The van der Waals surface area contributed by atoms with Gasteiger partial charge < -0.3 is 10.6 Å². The fourth-order valence-electron chi connectivity index (χ4n) is 4.29. The molecule has 0 aliphatic carbocycles. The number of hydrogen-bond donors (Lipinski definition) is 1. The second-order valence-electron chi connectivity index (χ2n) is 8.45. The molecule has 4 heterocycles. The number of aryl methyl sites for hydroxylation is 2. The topological polar surface area (TPSA) is 93.2 Å². The van der Waals surface area contributed by atoms with Crippen LogP contribution in [0.5, 0.6) is 0 Å². The van der Waals surface area contributed by atoms with Gasteiger partial charge >= 0.3 is 0 Å². The van der Waals surface area contributed by atoms with E-state index in [-0.39, 0.29) is 5.91 Å². The number of fused-ring (bicyclic) bond motifs is 1. The van der Waals surface area contributed by atoms with Gasteiger partial charge in [0, 0.05) is 48.3 Å². The number of thiazole rings is 1. The maximum Gasteiger partial charge on any atom is 0.228 e. The number of nitrogen functional groups attached to an aromatic ring is 1. The first-order chi connectivity index (χ1) is 16.0. The summed E-state index contributed by atoms with van der Waals surface area (Å²) in [5.41, 5.74) is 10.1. The number of aromatic nitrogens is 4. The van der Waals surface area contributed by atoms with E-state index >= 15 is 0 Å². The number of carbonyl (C=O) groups excluding carboxylic acids is 1. The number of amides is 1. The van der Waals surface area contributed by atoms with Crippen molar-refractivity contribution < 1.29 is 4.79 Å². The van der Waals surface area contributed by atoms with Crippen LogP contribution in [-0.2, 0) is 17.8 Å². The minimum atomic E-state index is 0.124. The first-order valence-electron chi connectivity index (χ1n) is 11.1. The lowest BCUT2D eigenvalue weighted by Crippen LogP contribution is -2.48. The number of piperazine rings is 1. The van der Waals surface area contributed by atoms with Crippen LogP contribution in [0.15, 0.2) is 41.8 Å². The third-order valence-electron chi connectivity index (χ3n) is 6.10. The third-order valence-corrected chi connectivity index (χ3v) is 6.98. The molecule has 1 aromatic carbocycles. The largest absolute Gasteiger partial charge is 0.383 e. The Balaban J connectivity index is 1.17. The smallest absolute Gasteiger partial charge is 0.228 e. The van der Waals surface area contributed by atoms with Gasteiger partial charge in [0.05, 0.1) is 24.2 Å². The van der Waals surface area contributed by atoms with Gasteiger partial charge in [-0.2, -0.15) is 0 Å². The molecule has 0 radical (unpaired) electrons. The van der Waals surface area contributed by atoms with Crippen LogP contribution in [0.1, 0.15) is 22.9 Å². The third kappa shape index (κ3) is 4.46. The van der Waals surface area contributed by atoms with Gasteiger partial charge in [-0.05, 0) is 38.1 Å². The molecule has 9 heteroatoms. The minimum Gasteiger partial charge on any atom is -0.383 e. The van der Waals surface area contributed by atoms with E-state index in [2.05, 4.69) is 45.4 Å². The molecule has 33 heavy (non-hydrogen) atoms. The SMILES string of the molecule is Cc1ccc(C)n1-c1nc(CC(=O)N2CCN(Cc3nc(N)c4ccccc4n3)CC2)cs1. The standard InChI is InChI=1S/C24H27N7OS/c1-16-7-8-17(2)31(16)24-26-18(15-33-24)13-22(32)30-11-9-29(10-12-30)14-21-27-20-6-4-3-5-19(20)23(25)28-21/h3-8,15H,9-14H2,1-2H3,(H2,25,27,28). The molecule has 1 saturated heterocycles. The highest BCUT2D eigenvalue weighted by Crippen LogP contribution is 2.21. The van der Waals surface area contributed by atoms with Crippen molar-refractivity contribution in [2.75, 3.05) is 31.9 Å². The van der Waals surface area contributed by atoms with Gasteiger partial charge in [0.1, 0.15) is 11.6 Å². The molecule has 2 N–H and O–H groups in total. The Morgan fingerprint density at radius 1 is 1.00 bits per heavy atom. The second kappa shape index (κ2) is 8.92. The predicted molar refractivity (Wildman–Crippen MR) is 130 cm³/mol. The summed E-state index contributed by atoms with van der Waals surface area (Å²) >= 11 is 1.58. The van der Waals surface area contributed by atoms with Crippen molar-refractivity contribution in [2.24, 2.45) is 0 Å². The highest BCUT2D eigenvalue weighted by atomic mass is 32.1. The van der Waals surface area contributed by atoms with Gasteiger partial charge in [-0.25, -0.2) is 15.0 Å². The summed E-state index contributed by atoms with van der Waals surface area (Å²) in [6.07, 6.45) is 0.334. The summed E-state index contributed by atoms with van der Waals surface area (Å²) in [5, 5.41) is 3.78. The normalized spacial score (nSPS) is 14.8. The van der Waals surface area contributed by atoms with Crippen LogP contribution in [0.3, 0.4) is 0 Å². The number of hydrogen-bond acceptors (Lipinski definition) is 7. The van der Waals surface area contributed by atoms with E-state index < -0.39 is 0 Å². The van der Waals surface area contributed by atoms with E-state index in [4.69, 9.17) is 10.7 Å². The molecule has 5 rings (SSSR count). The molecule has 1 fully saturated rings. The molecule has 3 aromatic heterocycles. The van der Waals surface area contributed by atoms with Gasteiger partial charge in [-0.3, -0.25) is 14.3 Å². The van der Waals surface area contributed by atoms with Crippen LogP contribution in [0.4, 0.5) is 5.82 Å². The lowest BCUT2D eigenvalue weighted by atomic mass is 10.2. The zero-order valence-electron chi connectivity index (χ0n) is 18.9. The van der Waals surface area contributed by atoms with E-state index in [0.717, 1.165) is 52.0 Å². The van der Waals surface area contributed by atoms with Gasteiger partial charge in [-0.1, -0.05) is 12.1 Å². The average molecular weight is 462 g/mol. The number of nitrogens with two attached hydrogens (primary N) is 1. The van der Waals surface area contributed by atoms with Crippen LogP contribution in [0, 0.1) is 13.8 Å². The number of nitrogens with zero attached hydrogens (tertiary/aromatic N) is 6. The van der Waals surface area contributed by atoms with E-state index in [9.17, 15) is 4.79 Å². The predicted octanol–water partition coefficient (Wildman–Crippen LogP) is 2.96. The Labute approximate surface area is 196 Å². The van der Waals surface area contributed by atoms with Crippen LogP contribution >= 0.6 is 11.3 Å². The molecule has 0 spiro atoms. The van der Waals surface area contributed by atoms with E-state index in [1.54, 1.807) is 11.3 Å². The maximum absolute atomic E-state index is 12.9. The summed E-state index contributed by atoms with van der Waals surface area (Å²) in [6.45, 7) is 7.70. The Bertz CT molecular complexity index is 1280. The molecule has 0 saturated carbocycles. The minimum absolute atomic E-state index is 0.124. The van der Waals surface area contributed by atoms with Crippen molar-refractivity contribution in [1.82, 2.24) is 29.3 Å². The van der Waals surface area contributed by atoms with Crippen LogP contribution < -0.4 is 5.73 Å². The number of benzene rings is 1. The van der Waals surface area contributed by atoms with Crippen molar-refractivity contribution in [3.8, 4) is 5.13 Å². The van der Waals surface area contributed by atoms with Gasteiger partial charge in [0.25, 0.3) is 0 Å². The Kier molecular flexibility index (Phi) is 5.82. The van der Waals surface area contributed by atoms with Crippen molar-refractivity contribution in [3.05, 3.63) is 64.7 Å². The first kappa shape index (κ1) is 21.5. The van der Waals surface area contributed by atoms with Crippen molar-refractivity contribution in [2.45, 2.75) is 26.8 Å². The van der Waals surface area contributed by atoms with Crippen molar-refractivity contribution >= 4 is 34.0 Å². The number of rotatable bonds is 5. The second-order valence-corrected chi connectivity index (χ2v) is 9.29. The molecule has 0 unspecified atom stereocenters. The molecule has 4 aromatic rings. The van der Waals surface area contributed by atoms with Crippen LogP contribution in [0.2, 0.25) is 0 Å². The Morgan fingerprint density at radius 3 is 2.48 bits per heavy atom. The fourth-order valence-corrected chi connectivity index (χ4v) is 5.24. The summed E-state index contributed by atoms with van der Waals surface area (Å²) in [7, 11) is 0.